The molecule has 2 N–H and O–H groups in total. The maximum Gasteiger partial charge on any atom is 0.0613 e. The van der Waals surface area contributed by atoms with E-state index in [4.69, 9.17) is 10.5 Å². The fourth-order valence-electron chi connectivity index (χ4n) is 2.19. The molecule has 13 heavy (non-hydrogen) atoms. The molecule has 0 saturated heterocycles. The molecule has 2 nitrogen and oxygen atoms in total. The Bertz CT molecular complexity index is 167. The summed E-state index contributed by atoms with van der Waals surface area (Å²) in [5, 5.41) is 0. The monoisotopic (exact) mass is 185 g/mol. The van der Waals surface area contributed by atoms with Crippen LogP contribution in [0.2, 0.25) is 0 Å². The molecule has 78 valence electrons. The minimum atomic E-state index is 0.215. The summed E-state index contributed by atoms with van der Waals surface area (Å²) < 4.78 is 5.06. The van der Waals surface area contributed by atoms with Crippen molar-refractivity contribution in [2.24, 2.45) is 16.6 Å². The molecule has 1 aliphatic carbocycles. The molecule has 0 amide bonds. The van der Waals surface area contributed by atoms with Crippen molar-refractivity contribution < 1.29 is 4.74 Å². The number of hydrogen-bond donors (Lipinski definition) is 1. The third-order valence-electron chi connectivity index (χ3n) is 3.48. The van der Waals surface area contributed by atoms with Crippen molar-refractivity contribution in [1.82, 2.24) is 0 Å². The summed E-state index contributed by atoms with van der Waals surface area (Å²) in [6, 6.07) is 0.215. The summed E-state index contributed by atoms with van der Waals surface area (Å²) >= 11 is 0. The third kappa shape index (κ3) is 2.44. The van der Waals surface area contributed by atoms with E-state index in [-0.39, 0.29) is 6.04 Å². The molecule has 1 fully saturated rings. The molecule has 0 aromatic heterocycles. The number of ether oxygens (including phenoxy) is 1. The Hall–Kier alpha value is -0.0800. The van der Waals surface area contributed by atoms with E-state index in [2.05, 4.69) is 20.8 Å². The molecule has 0 aromatic carbocycles. The predicted octanol–water partition coefficient (Wildman–Crippen LogP) is 2.18. The molecular weight excluding hydrogens is 162 g/mol. The van der Waals surface area contributed by atoms with Gasteiger partial charge < -0.3 is 10.5 Å². The zero-order valence-corrected chi connectivity index (χ0v) is 9.39. The SMILES string of the molecule is COCC(N)CC1(C(C)(C)C)CC1. The van der Waals surface area contributed by atoms with Crippen LogP contribution < -0.4 is 5.73 Å². The summed E-state index contributed by atoms with van der Waals surface area (Å²) in [4.78, 5) is 0. The first-order chi connectivity index (χ1) is 5.91. The van der Waals surface area contributed by atoms with Crippen molar-refractivity contribution in [2.75, 3.05) is 13.7 Å². The molecule has 0 spiro atoms. The summed E-state index contributed by atoms with van der Waals surface area (Å²) in [5.74, 6) is 0. The molecule has 1 unspecified atom stereocenters. The van der Waals surface area contributed by atoms with Gasteiger partial charge in [0.25, 0.3) is 0 Å². The largest absolute Gasteiger partial charge is 0.383 e. The van der Waals surface area contributed by atoms with E-state index in [9.17, 15) is 0 Å². The lowest BCUT2D eigenvalue weighted by molar-refractivity contribution is 0.133. The maximum absolute atomic E-state index is 5.98. The molecule has 2 heteroatoms. The van der Waals surface area contributed by atoms with E-state index in [1.165, 1.54) is 12.8 Å². The minimum Gasteiger partial charge on any atom is -0.383 e. The van der Waals surface area contributed by atoms with Crippen LogP contribution in [-0.4, -0.2) is 19.8 Å². The number of nitrogens with two attached hydrogens (primary N) is 1. The second-order valence-corrected chi connectivity index (χ2v) is 5.45. The Labute approximate surface area is 81.8 Å². The van der Waals surface area contributed by atoms with Crippen molar-refractivity contribution in [3.8, 4) is 0 Å². The standard InChI is InChI=1S/C11H23NO/c1-10(2,3)11(5-6-11)7-9(12)8-13-4/h9H,5-8,12H2,1-4H3. The van der Waals surface area contributed by atoms with Gasteiger partial charge in [-0.1, -0.05) is 20.8 Å². The highest BCUT2D eigenvalue weighted by molar-refractivity contribution is 5.03. The lowest BCUT2D eigenvalue weighted by atomic mass is 9.74. The van der Waals surface area contributed by atoms with Crippen LogP contribution in [0.15, 0.2) is 0 Å². The molecule has 1 saturated carbocycles. The van der Waals surface area contributed by atoms with E-state index in [1.54, 1.807) is 7.11 Å². The van der Waals surface area contributed by atoms with E-state index < -0.39 is 0 Å². The van der Waals surface area contributed by atoms with E-state index >= 15 is 0 Å². The first-order valence-corrected chi connectivity index (χ1v) is 5.16. The fraction of sp³-hybridized carbons (Fsp3) is 1.00. The van der Waals surface area contributed by atoms with Gasteiger partial charge in [-0.25, -0.2) is 0 Å². The fourth-order valence-corrected chi connectivity index (χ4v) is 2.19. The predicted molar refractivity (Wildman–Crippen MR) is 55.6 cm³/mol. The zero-order chi connectivity index (χ0) is 10.1. The first-order valence-electron chi connectivity index (χ1n) is 5.16. The Morgan fingerprint density at radius 1 is 1.38 bits per heavy atom. The maximum atomic E-state index is 5.98. The molecule has 0 aliphatic heterocycles. The van der Waals surface area contributed by atoms with Crippen LogP contribution >= 0.6 is 0 Å². The van der Waals surface area contributed by atoms with E-state index in [1.807, 2.05) is 0 Å². The van der Waals surface area contributed by atoms with Crippen LogP contribution in [0.1, 0.15) is 40.0 Å². The summed E-state index contributed by atoms with van der Waals surface area (Å²) in [6.07, 6.45) is 3.80. The molecule has 0 radical (unpaired) electrons. The Morgan fingerprint density at radius 3 is 2.23 bits per heavy atom. The smallest absolute Gasteiger partial charge is 0.0613 e. The van der Waals surface area contributed by atoms with Crippen molar-refractivity contribution in [2.45, 2.75) is 46.1 Å². The summed E-state index contributed by atoms with van der Waals surface area (Å²) in [7, 11) is 1.72. The van der Waals surface area contributed by atoms with Gasteiger partial charge in [0.15, 0.2) is 0 Å². The number of rotatable bonds is 4. The molecule has 1 atom stereocenters. The van der Waals surface area contributed by atoms with Gasteiger partial charge >= 0.3 is 0 Å². The highest BCUT2D eigenvalue weighted by Crippen LogP contribution is 2.61. The molecular formula is C11H23NO. The van der Waals surface area contributed by atoms with Crippen molar-refractivity contribution >= 4 is 0 Å². The van der Waals surface area contributed by atoms with Crippen LogP contribution in [0.5, 0.6) is 0 Å². The van der Waals surface area contributed by atoms with Crippen LogP contribution in [0.4, 0.5) is 0 Å². The van der Waals surface area contributed by atoms with Gasteiger partial charge in [-0.15, -0.1) is 0 Å². The highest BCUT2D eigenvalue weighted by atomic mass is 16.5. The van der Waals surface area contributed by atoms with Crippen molar-refractivity contribution in [3.05, 3.63) is 0 Å². The van der Waals surface area contributed by atoms with Crippen molar-refractivity contribution in [1.29, 1.82) is 0 Å². The Morgan fingerprint density at radius 2 is 1.92 bits per heavy atom. The van der Waals surface area contributed by atoms with Gasteiger partial charge in [0.1, 0.15) is 0 Å². The second kappa shape index (κ2) is 3.58. The second-order valence-electron chi connectivity index (χ2n) is 5.45. The van der Waals surface area contributed by atoms with Gasteiger partial charge in [0, 0.05) is 13.2 Å². The normalized spacial score (nSPS) is 22.8. The van der Waals surface area contributed by atoms with Gasteiger partial charge in [0.2, 0.25) is 0 Å². The number of hydrogen-bond acceptors (Lipinski definition) is 2. The molecule has 0 bridgehead atoms. The molecule has 0 heterocycles. The lowest BCUT2D eigenvalue weighted by Crippen LogP contribution is -2.34. The quantitative estimate of drug-likeness (QED) is 0.728. The molecule has 1 rings (SSSR count). The topological polar surface area (TPSA) is 35.2 Å². The lowest BCUT2D eigenvalue weighted by Gasteiger charge is -2.32. The van der Waals surface area contributed by atoms with Crippen molar-refractivity contribution in [3.63, 3.8) is 0 Å². The Balaban J connectivity index is 2.44. The summed E-state index contributed by atoms with van der Waals surface area (Å²) in [5.41, 5.74) is 6.89. The summed E-state index contributed by atoms with van der Waals surface area (Å²) in [6.45, 7) is 7.65. The van der Waals surface area contributed by atoms with Crippen LogP contribution in [0, 0.1) is 10.8 Å². The minimum absolute atomic E-state index is 0.215. The molecule has 0 aromatic rings. The van der Waals surface area contributed by atoms with E-state index in [0.717, 1.165) is 6.42 Å². The van der Waals surface area contributed by atoms with Gasteiger partial charge in [-0.3, -0.25) is 0 Å². The van der Waals surface area contributed by atoms with Crippen LogP contribution in [0.3, 0.4) is 0 Å². The average molecular weight is 185 g/mol. The third-order valence-corrected chi connectivity index (χ3v) is 3.48. The number of methoxy groups -OCH3 is 1. The average Bonchev–Trinajstić information content (AvgIpc) is 2.67. The van der Waals surface area contributed by atoms with Gasteiger partial charge in [-0.05, 0) is 30.1 Å². The van der Waals surface area contributed by atoms with Crippen LogP contribution in [0.25, 0.3) is 0 Å². The first kappa shape index (κ1) is 11.0. The molecule has 1 aliphatic rings. The highest BCUT2D eigenvalue weighted by Gasteiger charge is 2.51. The Kier molecular flexibility index (Phi) is 3.03. The zero-order valence-electron chi connectivity index (χ0n) is 9.39. The van der Waals surface area contributed by atoms with E-state index in [0.29, 0.717) is 17.4 Å². The van der Waals surface area contributed by atoms with Gasteiger partial charge in [0.05, 0.1) is 6.61 Å². The van der Waals surface area contributed by atoms with Crippen LogP contribution in [-0.2, 0) is 4.74 Å². The van der Waals surface area contributed by atoms with Gasteiger partial charge in [-0.2, -0.15) is 0 Å².